The molecule has 0 N–H and O–H groups in total. The molecule has 3 nitrogen and oxygen atoms in total. The molecule has 3 heteroatoms. The summed E-state index contributed by atoms with van der Waals surface area (Å²) in [5.41, 5.74) is 3.61. The van der Waals surface area contributed by atoms with E-state index >= 15 is 0 Å². The van der Waals surface area contributed by atoms with Gasteiger partial charge in [0.05, 0.1) is 19.4 Å². The lowest BCUT2D eigenvalue weighted by Crippen LogP contribution is -2.28. The summed E-state index contributed by atoms with van der Waals surface area (Å²) < 4.78 is 4.70. The minimum atomic E-state index is -0.424. The molecule has 0 spiro atoms. The van der Waals surface area contributed by atoms with E-state index in [1.165, 1.54) is 18.2 Å². The van der Waals surface area contributed by atoms with E-state index in [1.54, 1.807) is 0 Å². The van der Waals surface area contributed by atoms with E-state index in [0.717, 1.165) is 5.56 Å². The normalized spacial score (nSPS) is 11.1. The van der Waals surface area contributed by atoms with Gasteiger partial charge in [-0.15, -0.1) is 5.73 Å². The van der Waals surface area contributed by atoms with Gasteiger partial charge in [0.1, 0.15) is 0 Å². The van der Waals surface area contributed by atoms with Crippen LogP contribution in [-0.2, 0) is 4.74 Å². The molecular formula is C13H15NO2. The van der Waals surface area contributed by atoms with Gasteiger partial charge in [0.25, 0.3) is 0 Å². The van der Waals surface area contributed by atoms with Crippen molar-refractivity contribution in [3.8, 4) is 0 Å². The first-order valence-corrected chi connectivity index (χ1v) is 4.98. The Labute approximate surface area is 95.6 Å². The van der Waals surface area contributed by atoms with E-state index in [2.05, 4.69) is 12.3 Å². The third kappa shape index (κ3) is 2.75. The number of nitrogens with zero attached hydrogens (tertiary/aromatic N) is 1. The highest BCUT2D eigenvalue weighted by Crippen LogP contribution is 2.20. The Bertz CT molecular complexity index is 394. The van der Waals surface area contributed by atoms with Gasteiger partial charge in [-0.05, 0) is 12.5 Å². The summed E-state index contributed by atoms with van der Waals surface area (Å²) in [5.74, 6) is 0. The Balaban J connectivity index is 2.96. The zero-order chi connectivity index (χ0) is 12.0. The summed E-state index contributed by atoms with van der Waals surface area (Å²) >= 11 is 0. The number of hydrogen-bond donors (Lipinski definition) is 0. The molecule has 1 atom stereocenters. The van der Waals surface area contributed by atoms with Crippen LogP contribution in [0.1, 0.15) is 18.5 Å². The van der Waals surface area contributed by atoms with Crippen molar-refractivity contribution in [1.82, 2.24) is 4.90 Å². The molecule has 0 aromatic heterocycles. The molecular weight excluding hydrogens is 202 g/mol. The molecule has 0 unspecified atom stereocenters. The molecule has 0 heterocycles. The summed E-state index contributed by atoms with van der Waals surface area (Å²) in [7, 11) is 1.35. The van der Waals surface area contributed by atoms with Crippen LogP contribution in [0.5, 0.6) is 0 Å². The lowest BCUT2D eigenvalue weighted by Gasteiger charge is -2.23. The van der Waals surface area contributed by atoms with Crippen LogP contribution in [0.2, 0.25) is 0 Å². The lowest BCUT2D eigenvalue weighted by molar-refractivity contribution is 0.129. The number of carbonyl (C=O) groups is 1. The fourth-order valence-electron chi connectivity index (χ4n) is 1.42. The van der Waals surface area contributed by atoms with Gasteiger partial charge in [-0.2, -0.15) is 0 Å². The van der Waals surface area contributed by atoms with Gasteiger partial charge < -0.3 is 4.74 Å². The SMILES string of the molecule is C=C=CN(C(=O)OC)[C@@H](C)c1ccccc1. The van der Waals surface area contributed by atoms with Crippen LogP contribution in [0.15, 0.2) is 48.8 Å². The molecule has 1 aromatic carbocycles. The van der Waals surface area contributed by atoms with E-state index in [4.69, 9.17) is 4.74 Å². The second-order valence-electron chi connectivity index (χ2n) is 3.30. The van der Waals surface area contributed by atoms with Crippen molar-refractivity contribution in [3.05, 3.63) is 54.4 Å². The van der Waals surface area contributed by atoms with Crippen LogP contribution < -0.4 is 0 Å². The number of ether oxygens (including phenoxy) is 1. The van der Waals surface area contributed by atoms with Crippen LogP contribution in [0.3, 0.4) is 0 Å². The number of hydrogen-bond acceptors (Lipinski definition) is 2. The largest absolute Gasteiger partial charge is 0.452 e. The highest BCUT2D eigenvalue weighted by molar-refractivity contribution is 5.69. The molecule has 0 fully saturated rings. The lowest BCUT2D eigenvalue weighted by atomic mass is 10.1. The highest BCUT2D eigenvalue weighted by atomic mass is 16.5. The first-order chi connectivity index (χ1) is 7.70. The standard InChI is InChI=1S/C13H15NO2/c1-4-10-14(13(15)16-3)11(2)12-8-6-5-7-9-12/h5-11H,1H2,2-3H3/t11-/m0/s1. The molecule has 0 aliphatic rings. The van der Waals surface area contributed by atoms with Gasteiger partial charge in [-0.25, -0.2) is 4.79 Å². The monoisotopic (exact) mass is 217 g/mol. The van der Waals surface area contributed by atoms with E-state index in [-0.39, 0.29) is 6.04 Å². The van der Waals surface area contributed by atoms with Crippen molar-refractivity contribution in [2.75, 3.05) is 7.11 Å². The molecule has 0 bridgehead atoms. The fourth-order valence-corrected chi connectivity index (χ4v) is 1.42. The molecule has 84 valence electrons. The third-order valence-electron chi connectivity index (χ3n) is 2.32. The summed E-state index contributed by atoms with van der Waals surface area (Å²) in [6, 6.07) is 9.59. The Morgan fingerprint density at radius 1 is 1.50 bits per heavy atom. The number of rotatable bonds is 3. The topological polar surface area (TPSA) is 29.5 Å². The first kappa shape index (κ1) is 12.1. The smallest absolute Gasteiger partial charge is 0.414 e. The predicted molar refractivity (Wildman–Crippen MR) is 62.8 cm³/mol. The van der Waals surface area contributed by atoms with E-state index in [1.807, 2.05) is 37.3 Å². The predicted octanol–water partition coefficient (Wildman–Crippen LogP) is 3.11. The van der Waals surface area contributed by atoms with Gasteiger partial charge >= 0.3 is 6.09 Å². The minimum Gasteiger partial charge on any atom is -0.452 e. The van der Waals surface area contributed by atoms with Crippen molar-refractivity contribution < 1.29 is 9.53 Å². The molecule has 1 rings (SSSR count). The molecule has 0 radical (unpaired) electrons. The zero-order valence-electron chi connectivity index (χ0n) is 9.51. The first-order valence-electron chi connectivity index (χ1n) is 4.98. The van der Waals surface area contributed by atoms with E-state index in [9.17, 15) is 4.79 Å². The molecule has 0 aliphatic heterocycles. The Morgan fingerprint density at radius 2 is 2.12 bits per heavy atom. The summed E-state index contributed by atoms with van der Waals surface area (Å²) in [5, 5.41) is 0. The minimum absolute atomic E-state index is 0.108. The van der Waals surface area contributed by atoms with Crippen LogP contribution in [0, 0.1) is 0 Å². The van der Waals surface area contributed by atoms with E-state index < -0.39 is 6.09 Å². The number of amides is 1. The van der Waals surface area contributed by atoms with Crippen LogP contribution >= 0.6 is 0 Å². The maximum atomic E-state index is 11.5. The average Bonchev–Trinajstić information content (AvgIpc) is 2.35. The fraction of sp³-hybridized carbons (Fsp3) is 0.231. The number of methoxy groups -OCH3 is 1. The highest BCUT2D eigenvalue weighted by Gasteiger charge is 2.19. The Hall–Kier alpha value is -1.99. The molecule has 16 heavy (non-hydrogen) atoms. The second-order valence-corrected chi connectivity index (χ2v) is 3.30. The number of benzene rings is 1. The molecule has 0 saturated carbocycles. The maximum Gasteiger partial charge on any atom is 0.414 e. The van der Waals surface area contributed by atoms with Crippen molar-refractivity contribution in [1.29, 1.82) is 0 Å². The summed E-state index contributed by atoms with van der Waals surface area (Å²) in [4.78, 5) is 13.0. The van der Waals surface area contributed by atoms with Gasteiger partial charge in [0, 0.05) is 0 Å². The summed E-state index contributed by atoms with van der Waals surface area (Å²) in [6.07, 6.45) is 1.07. The molecule has 0 aliphatic carbocycles. The van der Waals surface area contributed by atoms with Crippen molar-refractivity contribution in [2.24, 2.45) is 0 Å². The molecule has 1 aromatic rings. The maximum absolute atomic E-state index is 11.5. The van der Waals surface area contributed by atoms with Crippen molar-refractivity contribution in [3.63, 3.8) is 0 Å². The van der Waals surface area contributed by atoms with Gasteiger partial charge in [-0.1, -0.05) is 36.9 Å². The van der Waals surface area contributed by atoms with Crippen LogP contribution in [0.25, 0.3) is 0 Å². The van der Waals surface area contributed by atoms with Crippen molar-refractivity contribution in [2.45, 2.75) is 13.0 Å². The molecule has 0 saturated heterocycles. The van der Waals surface area contributed by atoms with Crippen LogP contribution in [-0.4, -0.2) is 18.1 Å². The van der Waals surface area contributed by atoms with Gasteiger partial charge in [-0.3, -0.25) is 4.90 Å². The zero-order valence-corrected chi connectivity index (χ0v) is 9.51. The van der Waals surface area contributed by atoms with Gasteiger partial charge in [0.15, 0.2) is 0 Å². The van der Waals surface area contributed by atoms with Crippen molar-refractivity contribution >= 4 is 6.09 Å². The quantitative estimate of drug-likeness (QED) is 0.728. The Morgan fingerprint density at radius 3 is 2.62 bits per heavy atom. The molecule has 1 amide bonds. The second kappa shape index (κ2) is 5.79. The Kier molecular flexibility index (Phi) is 4.37. The van der Waals surface area contributed by atoms with Gasteiger partial charge in [0.2, 0.25) is 0 Å². The summed E-state index contributed by atoms with van der Waals surface area (Å²) in [6.45, 7) is 5.38. The average molecular weight is 217 g/mol. The third-order valence-corrected chi connectivity index (χ3v) is 2.32. The number of carbonyl (C=O) groups excluding carboxylic acids is 1. The van der Waals surface area contributed by atoms with E-state index in [0.29, 0.717) is 0 Å². The van der Waals surface area contributed by atoms with Crippen LogP contribution in [0.4, 0.5) is 4.79 Å².